The lowest BCUT2D eigenvalue weighted by atomic mass is 10.1. The van der Waals surface area contributed by atoms with E-state index in [0.717, 1.165) is 13.0 Å². The van der Waals surface area contributed by atoms with Crippen LogP contribution in [-0.2, 0) is 0 Å². The van der Waals surface area contributed by atoms with Gasteiger partial charge < -0.3 is 15.1 Å². The summed E-state index contributed by atoms with van der Waals surface area (Å²) in [5.74, 6) is 1.12. The zero-order valence-electron chi connectivity index (χ0n) is 13.2. The number of para-hydroxylation sites is 1. The molecule has 1 aromatic heterocycles. The molecule has 0 radical (unpaired) electrons. The summed E-state index contributed by atoms with van der Waals surface area (Å²) in [5, 5.41) is 11.1. The molecule has 0 saturated heterocycles. The summed E-state index contributed by atoms with van der Waals surface area (Å²) in [5.41, 5.74) is 6.33. The molecule has 0 aliphatic rings. The highest BCUT2D eigenvalue weighted by atomic mass is 16.6. The fraction of sp³-hybridized carbons (Fsp3) is 0.312. The topological polar surface area (TPSA) is 97.9 Å². The molecule has 0 bridgehead atoms. The van der Waals surface area contributed by atoms with E-state index in [0.29, 0.717) is 29.5 Å². The average molecular weight is 316 g/mol. The smallest absolute Gasteiger partial charge is 0.280 e. The van der Waals surface area contributed by atoms with Crippen molar-refractivity contribution in [3.05, 3.63) is 52.3 Å². The lowest BCUT2D eigenvalue weighted by Crippen LogP contribution is -2.16. The second kappa shape index (κ2) is 7.55. The predicted molar refractivity (Wildman–Crippen MR) is 89.6 cm³/mol. The van der Waals surface area contributed by atoms with Crippen LogP contribution in [-0.4, -0.2) is 42.8 Å². The first-order chi connectivity index (χ1) is 11.0. The molecule has 0 aliphatic heterocycles. The first-order valence-corrected chi connectivity index (χ1v) is 7.27. The van der Waals surface area contributed by atoms with Crippen molar-refractivity contribution in [2.75, 3.05) is 27.2 Å². The molecule has 1 heterocycles. The Morgan fingerprint density at radius 1 is 1.30 bits per heavy atom. The SMILES string of the molecule is CN(C)CCCN=C(N)c1ccc(-c2ccccc2[N+](=O)[O-])o1. The average Bonchev–Trinajstić information content (AvgIpc) is 3.01. The van der Waals surface area contributed by atoms with Crippen LogP contribution in [0.15, 0.2) is 45.8 Å². The quantitative estimate of drug-likeness (QED) is 0.278. The van der Waals surface area contributed by atoms with Crippen LogP contribution in [0.25, 0.3) is 11.3 Å². The Labute approximate surface area is 134 Å². The van der Waals surface area contributed by atoms with Crippen LogP contribution in [0.2, 0.25) is 0 Å². The lowest BCUT2D eigenvalue weighted by Gasteiger charge is -2.06. The summed E-state index contributed by atoms with van der Waals surface area (Å²) in [7, 11) is 4.00. The molecule has 7 heteroatoms. The normalized spacial score (nSPS) is 11.9. The summed E-state index contributed by atoms with van der Waals surface area (Å²) >= 11 is 0. The third-order valence-electron chi connectivity index (χ3n) is 3.27. The second-order valence-electron chi connectivity index (χ2n) is 5.36. The Morgan fingerprint density at radius 3 is 2.74 bits per heavy atom. The number of aliphatic imine (C=N–C) groups is 1. The fourth-order valence-corrected chi connectivity index (χ4v) is 2.13. The van der Waals surface area contributed by atoms with Crippen LogP contribution < -0.4 is 5.73 Å². The lowest BCUT2D eigenvalue weighted by molar-refractivity contribution is -0.384. The number of hydrogen-bond acceptors (Lipinski definition) is 5. The van der Waals surface area contributed by atoms with E-state index in [9.17, 15) is 10.1 Å². The largest absolute Gasteiger partial charge is 0.453 e. The Hall–Kier alpha value is -2.67. The first-order valence-electron chi connectivity index (χ1n) is 7.27. The van der Waals surface area contributed by atoms with Crippen molar-refractivity contribution in [2.45, 2.75) is 6.42 Å². The number of benzene rings is 1. The highest BCUT2D eigenvalue weighted by molar-refractivity contribution is 5.95. The fourth-order valence-electron chi connectivity index (χ4n) is 2.13. The number of nitro groups is 1. The van der Waals surface area contributed by atoms with Crippen molar-refractivity contribution in [3.8, 4) is 11.3 Å². The predicted octanol–water partition coefficient (Wildman–Crippen LogP) is 2.51. The van der Waals surface area contributed by atoms with Crippen molar-refractivity contribution in [1.29, 1.82) is 0 Å². The van der Waals surface area contributed by atoms with Crippen molar-refractivity contribution in [1.82, 2.24) is 4.90 Å². The molecule has 7 nitrogen and oxygen atoms in total. The van der Waals surface area contributed by atoms with Gasteiger partial charge in [0.1, 0.15) is 5.76 Å². The summed E-state index contributed by atoms with van der Waals surface area (Å²) in [6, 6.07) is 9.77. The maximum absolute atomic E-state index is 11.1. The van der Waals surface area contributed by atoms with Crippen LogP contribution in [0.1, 0.15) is 12.2 Å². The van der Waals surface area contributed by atoms with E-state index < -0.39 is 4.92 Å². The van der Waals surface area contributed by atoms with Gasteiger partial charge in [-0.15, -0.1) is 0 Å². The Balaban J connectivity index is 2.15. The van der Waals surface area contributed by atoms with Gasteiger partial charge in [-0.3, -0.25) is 15.1 Å². The van der Waals surface area contributed by atoms with Crippen LogP contribution >= 0.6 is 0 Å². The van der Waals surface area contributed by atoms with Crippen molar-refractivity contribution in [3.63, 3.8) is 0 Å². The summed E-state index contributed by atoms with van der Waals surface area (Å²) in [6.07, 6.45) is 0.894. The highest BCUT2D eigenvalue weighted by Crippen LogP contribution is 2.30. The number of hydrogen-bond donors (Lipinski definition) is 1. The van der Waals surface area contributed by atoms with Gasteiger partial charge in [0.15, 0.2) is 11.6 Å². The number of rotatable bonds is 7. The summed E-state index contributed by atoms with van der Waals surface area (Å²) in [6.45, 7) is 1.53. The molecule has 122 valence electrons. The molecule has 0 amide bonds. The minimum absolute atomic E-state index is 0.00473. The molecule has 0 unspecified atom stereocenters. The van der Waals surface area contributed by atoms with Gasteiger partial charge in [0, 0.05) is 12.6 Å². The third-order valence-corrected chi connectivity index (χ3v) is 3.27. The minimum atomic E-state index is -0.434. The van der Waals surface area contributed by atoms with Crippen molar-refractivity contribution >= 4 is 11.5 Å². The van der Waals surface area contributed by atoms with Gasteiger partial charge in [0.25, 0.3) is 5.69 Å². The first kappa shape index (κ1) is 16.7. The zero-order valence-corrected chi connectivity index (χ0v) is 13.2. The van der Waals surface area contributed by atoms with E-state index in [1.54, 1.807) is 30.3 Å². The molecular weight excluding hydrogens is 296 g/mol. The number of furan rings is 1. The molecule has 2 aromatic rings. The van der Waals surface area contributed by atoms with E-state index in [-0.39, 0.29) is 5.69 Å². The van der Waals surface area contributed by atoms with Gasteiger partial charge >= 0.3 is 0 Å². The van der Waals surface area contributed by atoms with Crippen LogP contribution in [0.3, 0.4) is 0 Å². The van der Waals surface area contributed by atoms with E-state index in [2.05, 4.69) is 9.89 Å². The molecule has 2 N–H and O–H groups in total. The van der Waals surface area contributed by atoms with Crippen LogP contribution in [0.5, 0.6) is 0 Å². The van der Waals surface area contributed by atoms with Gasteiger partial charge in [-0.25, -0.2) is 0 Å². The molecule has 23 heavy (non-hydrogen) atoms. The standard InChI is InChI=1S/C16H20N4O3/c1-19(2)11-5-10-18-16(17)15-9-8-14(23-15)12-6-3-4-7-13(12)20(21)22/h3-4,6-9H,5,10-11H2,1-2H3,(H2,17,18). The molecule has 0 atom stereocenters. The third kappa shape index (κ3) is 4.40. The van der Waals surface area contributed by atoms with Crippen molar-refractivity contribution in [2.24, 2.45) is 10.7 Å². The Kier molecular flexibility index (Phi) is 5.48. The van der Waals surface area contributed by atoms with Gasteiger partial charge in [-0.2, -0.15) is 0 Å². The summed E-state index contributed by atoms with van der Waals surface area (Å²) < 4.78 is 5.63. The zero-order chi connectivity index (χ0) is 16.8. The van der Waals surface area contributed by atoms with Gasteiger partial charge in [-0.05, 0) is 45.3 Å². The Morgan fingerprint density at radius 2 is 2.04 bits per heavy atom. The van der Waals surface area contributed by atoms with E-state index in [1.165, 1.54) is 6.07 Å². The monoisotopic (exact) mass is 316 g/mol. The van der Waals surface area contributed by atoms with E-state index in [1.807, 2.05) is 14.1 Å². The minimum Gasteiger partial charge on any atom is -0.453 e. The van der Waals surface area contributed by atoms with Crippen LogP contribution in [0.4, 0.5) is 5.69 Å². The van der Waals surface area contributed by atoms with Gasteiger partial charge in [-0.1, -0.05) is 12.1 Å². The van der Waals surface area contributed by atoms with Crippen LogP contribution in [0, 0.1) is 10.1 Å². The molecular formula is C16H20N4O3. The molecule has 0 spiro atoms. The maximum atomic E-state index is 11.1. The van der Waals surface area contributed by atoms with E-state index >= 15 is 0 Å². The molecule has 2 rings (SSSR count). The number of amidine groups is 1. The van der Waals surface area contributed by atoms with Crippen molar-refractivity contribution < 1.29 is 9.34 Å². The molecule has 0 saturated carbocycles. The maximum Gasteiger partial charge on any atom is 0.280 e. The molecule has 1 aromatic carbocycles. The van der Waals surface area contributed by atoms with E-state index in [4.69, 9.17) is 10.2 Å². The highest BCUT2D eigenvalue weighted by Gasteiger charge is 2.17. The summed E-state index contributed by atoms with van der Waals surface area (Å²) in [4.78, 5) is 17.0. The molecule has 0 fully saturated rings. The van der Waals surface area contributed by atoms with Gasteiger partial charge in [0.2, 0.25) is 0 Å². The van der Waals surface area contributed by atoms with Gasteiger partial charge in [0.05, 0.1) is 10.5 Å². The number of nitrogens with zero attached hydrogens (tertiary/aromatic N) is 3. The Bertz CT molecular complexity index is 707. The second-order valence-corrected chi connectivity index (χ2v) is 5.36. The number of nitro benzene ring substituents is 1. The number of nitrogens with two attached hydrogens (primary N) is 1. The molecule has 0 aliphatic carbocycles.